The van der Waals surface area contributed by atoms with E-state index < -0.39 is 0 Å². The fourth-order valence-corrected chi connectivity index (χ4v) is 4.42. The van der Waals surface area contributed by atoms with E-state index in [1.807, 2.05) is 41.4 Å². The molecule has 1 aromatic heterocycles. The lowest BCUT2D eigenvalue weighted by Crippen LogP contribution is -2.35. The van der Waals surface area contributed by atoms with Crippen molar-refractivity contribution in [2.75, 3.05) is 18.0 Å². The molecular formula is C25H24N4O. The highest BCUT2D eigenvalue weighted by Gasteiger charge is 2.26. The Balaban J connectivity index is 1.50. The summed E-state index contributed by atoms with van der Waals surface area (Å²) in [5.41, 5.74) is 5.38. The molecule has 3 aromatic carbocycles. The third-order valence-electron chi connectivity index (χ3n) is 5.85. The first-order valence-corrected chi connectivity index (χ1v) is 10.3. The summed E-state index contributed by atoms with van der Waals surface area (Å²) in [5, 5.41) is 2.10. The van der Waals surface area contributed by atoms with E-state index in [1.54, 1.807) is 6.33 Å². The fourth-order valence-electron chi connectivity index (χ4n) is 4.42. The average Bonchev–Trinajstić information content (AvgIpc) is 3.21. The van der Waals surface area contributed by atoms with Gasteiger partial charge in [-0.15, -0.1) is 0 Å². The van der Waals surface area contributed by atoms with Gasteiger partial charge in [0.15, 0.2) is 0 Å². The predicted molar refractivity (Wildman–Crippen MR) is 120 cm³/mol. The summed E-state index contributed by atoms with van der Waals surface area (Å²) in [6, 6.07) is 20.4. The summed E-state index contributed by atoms with van der Waals surface area (Å²) in [6.07, 6.45) is 3.64. The van der Waals surface area contributed by atoms with Crippen molar-refractivity contribution in [2.24, 2.45) is 0 Å². The Bertz CT molecular complexity index is 1190. The van der Waals surface area contributed by atoms with Crippen LogP contribution in [0.5, 0.6) is 0 Å². The smallest absolute Gasteiger partial charge is 0.254 e. The van der Waals surface area contributed by atoms with Crippen LogP contribution in [0.4, 0.5) is 5.69 Å². The Morgan fingerprint density at radius 3 is 2.73 bits per heavy atom. The number of carbonyl (C=O) groups is 1. The average molecular weight is 396 g/mol. The Kier molecular flexibility index (Phi) is 4.71. The summed E-state index contributed by atoms with van der Waals surface area (Å²) in [6.45, 7) is 4.90. The summed E-state index contributed by atoms with van der Waals surface area (Å²) >= 11 is 0. The molecule has 0 unspecified atom stereocenters. The van der Waals surface area contributed by atoms with Crippen molar-refractivity contribution in [3.05, 3.63) is 95.6 Å². The van der Waals surface area contributed by atoms with E-state index in [-0.39, 0.29) is 5.91 Å². The van der Waals surface area contributed by atoms with Gasteiger partial charge in [-0.2, -0.15) is 0 Å². The lowest BCUT2D eigenvalue weighted by atomic mass is 10.0. The van der Waals surface area contributed by atoms with Gasteiger partial charge in [-0.1, -0.05) is 54.6 Å². The summed E-state index contributed by atoms with van der Waals surface area (Å²) < 4.78 is 0. The van der Waals surface area contributed by atoms with Crippen molar-refractivity contribution in [1.29, 1.82) is 0 Å². The number of imidazole rings is 1. The number of anilines is 1. The Hall–Kier alpha value is -3.60. The van der Waals surface area contributed by atoms with Crippen LogP contribution in [-0.2, 0) is 13.1 Å². The second kappa shape index (κ2) is 7.67. The molecule has 30 heavy (non-hydrogen) atoms. The maximum absolute atomic E-state index is 13.6. The van der Waals surface area contributed by atoms with Crippen LogP contribution in [0.15, 0.2) is 73.2 Å². The molecule has 0 aliphatic carbocycles. The van der Waals surface area contributed by atoms with Crippen molar-refractivity contribution >= 4 is 22.4 Å². The molecule has 0 spiro atoms. The topological polar surface area (TPSA) is 52.2 Å². The van der Waals surface area contributed by atoms with Gasteiger partial charge in [-0.05, 0) is 34.9 Å². The summed E-state index contributed by atoms with van der Waals surface area (Å²) in [4.78, 5) is 25.3. The first-order chi connectivity index (χ1) is 14.7. The largest absolute Gasteiger partial charge is 0.363 e. The molecule has 0 saturated heterocycles. The molecule has 4 aromatic rings. The van der Waals surface area contributed by atoms with Crippen molar-refractivity contribution in [2.45, 2.75) is 20.0 Å². The molecule has 1 amide bonds. The van der Waals surface area contributed by atoms with Gasteiger partial charge in [0.05, 0.1) is 18.6 Å². The number of rotatable bonds is 3. The SMILES string of the molecule is Cc1cccc2c1N(Cc1c[nH]cn1)CCN(C(=O)c1cccc3ccccc13)C2. The molecule has 5 nitrogen and oxygen atoms in total. The van der Waals surface area contributed by atoms with Gasteiger partial charge in [0, 0.05) is 37.1 Å². The molecule has 0 bridgehead atoms. The first-order valence-electron chi connectivity index (χ1n) is 10.3. The van der Waals surface area contributed by atoms with Gasteiger partial charge < -0.3 is 14.8 Å². The normalized spacial score (nSPS) is 13.9. The quantitative estimate of drug-likeness (QED) is 0.553. The molecule has 0 radical (unpaired) electrons. The zero-order valence-corrected chi connectivity index (χ0v) is 17.0. The number of nitrogens with one attached hydrogen (secondary N) is 1. The zero-order chi connectivity index (χ0) is 20.5. The minimum absolute atomic E-state index is 0.0841. The first kappa shape index (κ1) is 18.4. The van der Waals surface area contributed by atoms with Crippen LogP contribution in [0.3, 0.4) is 0 Å². The number of para-hydroxylation sites is 1. The van der Waals surface area contributed by atoms with E-state index in [0.717, 1.165) is 35.1 Å². The number of aromatic amines is 1. The van der Waals surface area contributed by atoms with Gasteiger partial charge in [0.1, 0.15) is 0 Å². The highest BCUT2D eigenvalue weighted by atomic mass is 16.2. The number of aromatic nitrogens is 2. The van der Waals surface area contributed by atoms with Crippen LogP contribution >= 0.6 is 0 Å². The van der Waals surface area contributed by atoms with Crippen LogP contribution < -0.4 is 4.90 Å². The van der Waals surface area contributed by atoms with Crippen molar-refractivity contribution in [3.63, 3.8) is 0 Å². The van der Waals surface area contributed by atoms with Gasteiger partial charge in [0.2, 0.25) is 0 Å². The standard InChI is InChI=1S/C25H24N4O/c1-18-6-4-9-20-15-29(13-12-28(24(18)20)16-21-14-26-17-27-21)25(30)23-11-5-8-19-7-2-3-10-22(19)23/h2-11,14,17H,12-13,15-16H2,1H3,(H,26,27). The molecule has 0 atom stereocenters. The molecule has 5 rings (SSSR count). The Morgan fingerprint density at radius 2 is 1.87 bits per heavy atom. The maximum Gasteiger partial charge on any atom is 0.254 e. The van der Waals surface area contributed by atoms with Gasteiger partial charge in [0.25, 0.3) is 5.91 Å². The zero-order valence-electron chi connectivity index (χ0n) is 17.0. The highest BCUT2D eigenvalue weighted by Crippen LogP contribution is 2.31. The third kappa shape index (κ3) is 3.32. The molecule has 2 heterocycles. The van der Waals surface area contributed by atoms with E-state index >= 15 is 0 Å². The highest BCUT2D eigenvalue weighted by molar-refractivity contribution is 6.07. The van der Waals surface area contributed by atoms with Crippen LogP contribution in [0, 0.1) is 6.92 Å². The number of fused-ring (bicyclic) bond motifs is 2. The molecule has 0 saturated carbocycles. The minimum Gasteiger partial charge on any atom is -0.363 e. The van der Waals surface area contributed by atoms with E-state index in [2.05, 4.69) is 52.1 Å². The number of hydrogen-bond donors (Lipinski definition) is 1. The van der Waals surface area contributed by atoms with Crippen LogP contribution in [0.1, 0.15) is 27.2 Å². The monoisotopic (exact) mass is 396 g/mol. The molecule has 1 N–H and O–H groups in total. The molecule has 1 aliphatic rings. The van der Waals surface area contributed by atoms with Crippen molar-refractivity contribution in [1.82, 2.24) is 14.9 Å². The Morgan fingerprint density at radius 1 is 1.03 bits per heavy atom. The van der Waals surface area contributed by atoms with Crippen LogP contribution in [0.2, 0.25) is 0 Å². The van der Waals surface area contributed by atoms with E-state index in [0.29, 0.717) is 13.1 Å². The molecule has 1 aliphatic heterocycles. The fraction of sp³-hybridized carbons (Fsp3) is 0.200. The van der Waals surface area contributed by atoms with Gasteiger partial charge >= 0.3 is 0 Å². The Labute approximate surface area is 176 Å². The van der Waals surface area contributed by atoms with Gasteiger partial charge in [-0.3, -0.25) is 4.79 Å². The van der Waals surface area contributed by atoms with E-state index in [9.17, 15) is 4.79 Å². The molecule has 150 valence electrons. The maximum atomic E-state index is 13.6. The second-order valence-corrected chi connectivity index (χ2v) is 7.82. The number of H-pyrrole nitrogens is 1. The number of amides is 1. The summed E-state index contributed by atoms with van der Waals surface area (Å²) in [7, 11) is 0. The lowest BCUT2D eigenvalue weighted by Gasteiger charge is -2.25. The van der Waals surface area contributed by atoms with Crippen molar-refractivity contribution < 1.29 is 4.79 Å². The van der Waals surface area contributed by atoms with E-state index in [1.165, 1.54) is 16.8 Å². The molecular weight excluding hydrogens is 372 g/mol. The third-order valence-corrected chi connectivity index (χ3v) is 5.85. The molecule has 0 fully saturated rings. The minimum atomic E-state index is 0.0841. The van der Waals surface area contributed by atoms with Crippen LogP contribution in [0.25, 0.3) is 10.8 Å². The lowest BCUT2D eigenvalue weighted by molar-refractivity contribution is 0.0753. The van der Waals surface area contributed by atoms with Crippen LogP contribution in [-0.4, -0.2) is 33.9 Å². The van der Waals surface area contributed by atoms with E-state index in [4.69, 9.17) is 0 Å². The number of nitrogens with zero attached hydrogens (tertiary/aromatic N) is 3. The molecule has 5 heteroatoms. The second-order valence-electron chi connectivity index (χ2n) is 7.82. The number of aryl methyl sites for hydroxylation is 1. The van der Waals surface area contributed by atoms with Gasteiger partial charge in [-0.25, -0.2) is 4.98 Å². The number of hydrogen-bond acceptors (Lipinski definition) is 3. The van der Waals surface area contributed by atoms with Crippen molar-refractivity contribution in [3.8, 4) is 0 Å². The number of carbonyl (C=O) groups excluding carboxylic acids is 1. The number of benzene rings is 3. The predicted octanol–water partition coefficient (Wildman–Crippen LogP) is 4.53. The summed E-state index contributed by atoms with van der Waals surface area (Å²) in [5.74, 6) is 0.0841.